The summed E-state index contributed by atoms with van der Waals surface area (Å²) in [7, 11) is 1.55. The molecule has 0 aliphatic heterocycles. The van der Waals surface area contributed by atoms with E-state index in [1.165, 1.54) is 15.3 Å². The minimum Gasteiger partial charge on any atom is -0.383 e. The summed E-state index contributed by atoms with van der Waals surface area (Å²) >= 11 is 12.5. The first-order chi connectivity index (χ1) is 15.5. The van der Waals surface area contributed by atoms with Gasteiger partial charge in [-0.15, -0.1) is 0 Å². The molecule has 0 aliphatic rings. The quantitative estimate of drug-likeness (QED) is 0.416. The molecule has 2 aromatic heterocycles. The van der Waals surface area contributed by atoms with Crippen molar-refractivity contribution in [1.82, 2.24) is 14.3 Å². The zero-order chi connectivity index (χ0) is 22.7. The van der Waals surface area contributed by atoms with Crippen LogP contribution < -0.4 is 11.1 Å². The van der Waals surface area contributed by atoms with Crippen LogP contribution >= 0.6 is 23.2 Å². The van der Waals surface area contributed by atoms with Gasteiger partial charge in [0.25, 0.3) is 11.1 Å². The van der Waals surface area contributed by atoms with Gasteiger partial charge in [0.2, 0.25) is 0 Å². The Labute approximate surface area is 193 Å². The summed E-state index contributed by atoms with van der Waals surface area (Å²) in [5.41, 5.74) is 1.59. The summed E-state index contributed by atoms with van der Waals surface area (Å²) in [5.74, 6) is 0. The van der Waals surface area contributed by atoms with Crippen molar-refractivity contribution in [3.63, 3.8) is 0 Å². The molecular weight excluding hydrogens is 453 g/mol. The van der Waals surface area contributed by atoms with Gasteiger partial charge in [-0.05, 0) is 23.8 Å². The number of halogens is 2. The van der Waals surface area contributed by atoms with Gasteiger partial charge >= 0.3 is 0 Å². The third kappa shape index (κ3) is 4.38. The van der Waals surface area contributed by atoms with Crippen LogP contribution in [0.1, 0.15) is 11.3 Å². The number of aromatic amines is 1. The molecule has 0 fully saturated rings. The number of benzene rings is 2. The Balaban J connectivity index is 1.80. The molecule has 4 rings (SSSR count). The standard InChI is InChI=1S/C23H21Cl2N3O4/c1-31-11-10-27-20(14-32-13-15-6-2-3-7-16(15)24)22-18(12-21(27)29)26-28(23(22)30)19-9-5-4-8-17(19)25/h2-9,12,26H,10-11,13-14H2,1H3. The number of fused-ring (bicyclic) bond motifs is 1. The summed E-state index contributed by atoms with van der Waals surface area (Å²) in [6, 6.07) is 15.7. The lowest BCUT2D eigenvalue weighted by atomic mass is 10.2. The largest absolute Gasteiger partial charge is 0.383 e. The lowest BCUT2D eigenvalue weighted by Crippen LogP contribution is -2.27. The highest BCUT2D eigenvalue weighted by atomic mass is 35.5. The summed E-state index contributed by atoms with van der Waals surface area (Å²) in [4.78, 5) is 26.2. The van der Waals surface area contributed by atoms with Crippen molar-refractivity contribution in [3.8, 4) is 5.69 Å². The molecule has 1 N–H and O–H groups in total. The predicted octanol–water partition coefficient (Wildman–Crippen LogP) is 4.15. The Hall–Kier alpha value is -2.84. The highest BCUT2D eigenvalue weighted by molar-refractivity contribution is 6.32. The van der Waals surface area contributed by atoms with Crippen LogP contribution in [0.15, 0.2) is 64.2 Å². The number of rotatable bonds is 8. The number of nitrogens with one attached hydrogen (secondary N) is 1. The van der Waals surface area contributed by atoms with Crippen molar-refractivity contribution >= 4 is 34.1 Å². The number of H-pyrrole nitrogens is 1. The van der Waals surface area contributed by atoms with E-state index in [2.05, 4.69) is 5.10 Å². The van der Waals surface area contributed by atoms with E-state index >= 15 is 0 Å². The highest BCUT2D eigenvalue weighted by Gasteiger charge is 2.19. The molecule has 32 heavy (non-hydrogen) atoms. The second kappa shape index (κ2) is 9.75. The van der Waals surface area contributed by atoms with E-state index in [1.807, 2.05) is 18.2 Å². The minimum atomic E-state index is -0.324. The maximum Gasteiger partial charge on any atom is 0.281 e. The van der Waals surface area contributed by atoms with Gasteiger partial charge in [-0.2, -0.15) is 0 Å². The number of para-hydroxylation sites is 1. The summed E-state index contributed by atoms with van der Waals surface area (Å²) in [5, 5.41) is 4.36. The monoisotopic (exact) mass is 473 g/mol. The molecule has 0 spiro atoms. The van der Waals surface area contributed by atoms with Crippen LogP contribution in [-0.2, 0) is 29.2 Å². The first kappa shape index (κ1) is 22.4. The zero-order valence-electron chi connectivity index (χ0n) is 17.3. The SMILES string of the molecule is COCCn1c(COCc2ccccc2Cl)c2c(=O)n(-c3ccccc3Cl)[nH]c2cc1=O. The van der Waals surface area contributed by atoms with Gasteiger partial charge in [0.15, 0.2) is 0 Å². The molecule has 0 saturated carbocycles. The van der Waals surface area contributed by atoms with Crippen LogP contribution in [-0.4, -0.2) is 28.1 Å². The van der Waals surface area contributed by atoms with E-state index in [1.54, 1.807) is 37.4 Å². The number of hydrogen-bond donors (Lipinski definition) is 1. The van der Waals surface area contributed by atoms with E-state index in [-0.39, 0.29) is 30.9 Å². The number of aromatic nitrogens is 3. The topological polar surface area (TPSA) is 78.2 Å². The van der Waals surface area contributed by atoms with E-state index in [0.29, 0.717) is 38.9 Å². The van der Waals surface area contributed by atoms with E-state index in [0.717, 1.165) is 5.56 Å². The van der Waals surface area contributed by atoms with Crippen LogP contribution in [0.25, 0.3) is 16.6 Å². The molecule has 0 unspecified atom stereocenters. The lowest BCUT2D eigenvalue weighted by molar-refractivity contribution is 0.101. The van der Waals surface area contributed by atoms with Crippen molar-refractivity contribution in [3.05, 3.63) is 96.6 Å². The summed E-state index contributed by atoms with van der Waals surface area (Å²) in [6.07, 6.45) is 0. The molecule has 166 valence electrons. The fourth-order valence-electron chi connectivity index (χ4n) is 3.56. The molecule has 0 aliphatic carbocycles. The molecule has 0 bridgehead atoms. The highest BCUT2D eigenvalue weighted by Crippen LogP contribution is 2.21. The third-order valence-corrected chi connectivity index (χ3v) is 5.82. The second-order valence-corrected chi connectivity index (χ2v) is 7.96. The number of nitrogens with zero attached hydrogens (tertiary/aromatic N) is 2. The number of ether oxygens (including phenoxy) is 2. The Morgan fingerprint density at radius 2 is 1.69 bits per heavy atom. The van der Waals surface area contributed by atoms with Crippen LogP contribution in [0.4, 0.5) is 0 Å². The van der Waals surface area contributed by atoms with Crippen LogP contribution in [0.3, 0.4) is 0 Å². The van der Waals surface area contributed by atoms with Crippen LogP contribution in [0, 0.1) is 0 Å². The normalized spacial score (nSPS) is 11.3. The second-order valence-electron chi connectivity index (χ2n) is 7.15. The summed E-state index contributed by atoms with van der Waals surface area (Å²) < 4.78 is 13.9. The lowest BCUT2D eigenvalue weighted by Gasteiger charge is -2.14. The van der Waals surface area contributed by atoms with Gasteiger partial charge in [-0.3, -0.25) is 14.7 Å². The molecule has 2 heterocycles. The molecule has 9 heteroatoms. The van der Waals surface area contributed by atoms with Gasteiger partial charge in [0.1, 0.15) is 0 Å². The molecule has 0 radical (unpaired) electrons. The maximum atomic E-state index is 13.4. The van der Waals surface area contributed by atoms with Gasteiger partial charge in [0.05, 0.1) is 47.1 Å². The molecule has 7 nitrogen and oxygen atoms in total. The first-order valence-corrected chi connectivity index (χ1v) is 10.7. The molecule has 0 amide bonds. The van der Waals surface area contributed by atoms with E-state index in [4.69, 9.17) is 32.7 Å². The van der Waals surface area contributed by atoms with E-state index in [9.17, 15) is 9.59 Å². The third-order valence-electron chi connectivity index (χ3n) is 5.13. The van der Waals surface area contributed by atoms with Crippen molar-refractivity contribution in [2.24, 2.45) is 0 Å². The van der Waals surface area contributed by atoms with E-state index < -0.39 is 0 Å². The minimum absolute atomic E-state index is 0.0388. The number of methoxy groups -OCH3 is 1. The van der Waals surface area contributed by atoms with Crippen molar-refractivity contribution in [1.29, 1.82) is 0 Å². The average Bonchev–Trinajstić information content (AvgIpc) is 3.10. The Kier molecular flexibility index (Phi) is 6.81. The number of hydrogen-bond acceptors (Lipinski definition) is 4. The maximum absolute atomic E-state index is 13.4. The fourth-order valence-corrected chi connectivity index (χ4v) is 3.97. The first-order valence-electron chi connectivity index (χ1n) is 9.93. The van der Waals surface area contributed by atoms with Gasteiger partial charge in [-0.1, -0.05) is 53.5 Å². The number of pyridine rings is 1. The molecular formula is C23H21Cl2N3O4. The van der Waals surface area contributed by atoms with Gasteiger partial charge < -0.3 is 14.0 Å². The predicted molar refractivity (Wildman–Crippen MR) is 125 cm³/mol. The van der Waals surface area contributed by atoms with Crippen molar-refractivity contribution < 1.29 is 9.47 Å². The fraction of sp³-hybridized carbons (Fsp3) is 0.217. The van der Waals surface area contributed by atoms with Gasteiger partial charge in [0, 0.05) is 24.7 Å². The zero-order valence-corrected chi connectivity index (χ0v) is 18.8. The smallest absolute Gasteiger partial charge is 0.281 e. The Morgan fingerprint density at radius 3 is 2.41 bits per heavy atom. The van der Waals surface area contributed by atoms with Crippen molar-refractivity contribution in [2.45, 2.75) is 19.8 Å². The summed E-state index contributed by atoms with van der Waals surface area (Å²) in [6.45, 7) is 0.869. The van der Waals surface area contributed by atoms with Crippen LogP contribution in [0.2, 0.25) is 10.0 Å². The van der Waals surface area contributed by atoms with Crippen molar-refractivity contribution in [2.75, 3.05) is 13.7 Å². The molecule has 2 aromatic carbocycles. The Morgan fingerprint density at radius 1 is 0.969 bits per heavy atom. The molecule has 4 aromatic rings. The average molecular weight is 474 g/mol. The van der Waals surface area contributed by atoms with Gasteiger partial charge in [-0.25, -0.2) is 4.68 Å². The van der Waals surface area contributed by atoms with Crippen LogP contribution in [0.5, 0.6) is 0 Å². The Bertz CT molecular complexity index is 1370. The molecule has 0 saturated heterocycles. The molecule has 0 atom stereocenters.